The Kier molecular flexibility index (Phi) is 6.49. The minimum atomic E-state index is -3.56. The van der Waals surface area contributed by atoms with Gasteiger partial charge in [0.05, 0.1) is 16.9 Å². The lowest BCUT2D eigenvalue weighted by Crippen LogP contribution is -2.18. The molecule has 0 unspecified atom stereocenters. The standard InChI is InChI=1S/C29H28O4S/c1-21-5-17-27(18-6-21)34(30,31)28-19-15-26(16-20-28)33-25-13-9-23(10-14-25)29(2,3)22-7-11-24(32-4)12-8-22/h5-20H,1-4H3. The molecule has 0 bridgehead atoms. The van der Waals surface area contributed by atoms with Gasteiger partial charge in [-0.05, 0) is 78.7 Å². The molecule has 4 rings (SSSR count). The Labute approximate surface area is 201 Å². The van der Waals surface area contributed by atoms with Crippen molar-refractivity contribution in [1.82, 2.24) is 0 Å². The second kappa shape index (κ2) is 9.35. The molecule has 34 heavy (non-hydrogen) atoms. The number of sulfone groups is 1. The van der Waals surface area contributed by atoms with Crippen molar-refractivity contribution in [2.75, 3.05) is 7.11 Å². The molecule has 0 atom stereocenters. The van der Waals surface area contributed by atoms with E-state index in [9.17, 15) is 8.42 Å². The van der Waals surface area contributed by atoms with Gasteiger partial charge >= 0.3 is 0 Å². The number of hydrogen-bond acceptors (Lipinski definition) is 4. The Balaban J connectivity index is 1.48. The van der Waals surface area contributed by atoms with Crippen LogP contribution >= 0.6 is 0 Å². The fraction of sp³-hybridized carbons (Fsp3) is 0.172. The maximum Gasteiger partial charge on any atom is 0.206 e. The van der Waals surface area contributed by atoms with E-state index in [4.69, 9.17) is 9.47 Å². The summed E-state index contributed by atoms with van der Waals surface area (Å²) in [4.78, 5) is 0.516. The highest BCUT2D eigenvalue weighted by molar-refractivity contribution is 7.91. The summed E-state index contributed by atoms with van der Waals surface area (Å²) in [7, 11) is -1.90. The smallest absolute Gasteiger partial charge is 0.206 e. The van der Waals surface area contributed by atoms with Crippen LogP contribution in [0.5, 0.6) is 17.2 Å². The molecule has 0 radical (unpaired) electrons. The molecule has 0 fully saturated rings. The van der Waals surface area contributed by atoms with Crippen molar-refractivity contribution in [2.45, 2.75) is 36.0 Å². The second-order valence-electron chi connectivity index (χ2n) is 8.77. The van der Waals surface area contributed by atoms with Gasteiger partial charge in [-0.2, -0.15) is 0 Å². The molecule has 0 N–H and O–H groups in total. The van der Waals surface area contributed by atoms with Gasteiger partial charge in [-0.25, -0.2) is 8.42 Å². The predicted molar refractivity (Wildman–Crippen MR) is 135 cm³/mol. The molecular weight excluding hydrogens is 444 g/mol. The van der Waals surface area contributed by atoms with Crippen molar-refractivity contribution < 1.29 is 17.9 Å². The molecule has 0 amide bonds. The number of benzene rings is 4. The van der Waals surface area contributed by atoms with Crippen LogP contribution < -0.4 is 9.47 Å². The van der Waals surface area contributed by atoms with E-state index in [2.05, 4.69) is 38.1 Å². The summed E-state index contributed by atoms with van der Waals surface area (Å²) in [5.41, 5.74) is 3.18. The van der Waals surface area contributed by atoms with E-state index in [1.54, 1.807) is 55.6 Å². The van der Waals surface area contributed by atoms with Crippen LogP contribution in [0.1, 0.15) is 30.5 Å². The number of hydrogen-bond donors (Lipinski definition) is 0. The van der Waals surface area contributed by atoms with Crippen molar-refractivity contribution in [2.24, 2.45) is 0 Å². The van der Waals surface area contributed by atoms with E-state index < -0.39 is 9.84 Å². The van der Waals surface area contributed by atoms with Crippen LogP contribution in [-0.2, 0) is 15.3 Å². The molecule has 0 aliphatic rings. The van der Waals surface area contributed by atoms with E-state index >= 15 is 0 Å². The first kappa shape index (κ1) is 23.6. The van der Waals surface area contributed by atoms with Crippen LogP contribution in [0.2, 0.25) is 0 Å². The van der Waals surface area contributed by atoms with Crippen LogP contribution in [0, 0.1) is 6.92 Å². The topological polar surface area (TPSA) is 52.6 Å². The molecule has 5 heteroatoms. The summed E-state index contributed by atoms with van der Waals surface area (Å²) in [6.07, 6.45) is 0. The van der Waals surface area contributed by atoms with Crippen molar-refractivity contribution in [3.63, 3.8) is 0 Å². The minimum Gasteiger partial charge on any atom is -0.497 e. The highest BCUT2D eigenvalue weighted by Gasteiger charge is 2.23. The first-order chi connectivity index (χ1) is 16.2. The average Bonchev–Trinajstić information content (AvgIpc) is 2.85. The molecular formula is C29H28O4S. The first-order valence-electron chi connectivity index (χ1n) is 11.0. The third-order valence-electron chi connectivity index (χ3n) is 6.09. The van der Waals surface area contributed by atoms with Gasteiger partial charge in [0.2, 0.25) is 9.84 Å². The van der Waals surface area contributed by atoms with Crippen LogP contribution in [0.15, 0.2) is 107 Å². The average molecular weight is 473 g/mol. The Morgan fingerprint density at radius 2 is 0.971 bits per heavy atom. The summed E-state index contributed by atoms with van der Waals surface area (Å²) in [5, 5.41) is 0. The van der Waals surface area contributed by atoms with E-state index in [-0.39, 0.29) is 15.2 Å². The van der Waals surface area contributed by atoms with E-state index in [1.807, 2.05) is 31.2 Å². The molecule has 4 nitrogen and oxygen atoms in total. The number of ether oxygens (including phenoxy) is 2. The molecule has 174 valence electrons. The number of aryl methyl sites for hydroxylation is 1. The predicted octanol–water partition coefficient (Wildman–Crippen LogP) is 6.95. The van der Waals surface area contributed by atoms with Gasteiger partial charge in [-0.1, -0.05) is 55.8 Å². The Hall–Kier alpha value is -3.57. The second-order valence-corrected chi connectivity index (χ2v) is 10.7. The fourth-order valence-corrected chi connectivity index (χ4v) is 5.05. The summed E-state index contributed by atoms with van der Waals surface area (Å²) in [5.74, 6) is 2.09. The third-order valence-corrected chi connectivity index (χ3v) is 7.87. The monoisotopic (exact) mass is 472 g/mol. The lowest BCUT2D eigenvalue weighted by Gasteiger charge is -2.26. The summed E-state index contributed by atoms with van der Waals surface area (Å²) < 4.78 is 36.9. The molecule has 0 saturated heterocycles. The van der Waals surface area contributed by atoms with Crippen LogP contribution in [0.3, 0.4) is 0 Å². The Morgan fingerprint density at radius 1 is 0.588 bits per heavy atom. The molecule has 4 aromatic rings. The molecule has 0 aliphatic carbocycles. The SMILES string of the molecule is COc1ccc(C(C)(C)c2ccc(Oc3ccc(S(=O)(=O)c4ccc(C)cc4)cc3)cc2)cc1. The van der Waals surface area contributed by atoms with Crippen molar-refractivity contribution in [3.8, 4) is 17.2 Å². The zero-order chi connectivity index (χ0) is 24.3. The summed E-state index contributed by atoms with van der Waals surface area (Å²) in [6.45, 7) is 6.28. The van der Waals surface area contributed by atoms with Gasteiger partial charge in [0.1, 0.15) is 17.2 Å². The number of methoxy groups -OCH3 is 1. The van der Waals surface area contributed by atoms with Gasteiger partial charge in [0.15, 0.2) is 0 Å². The molecule has 0 aromatic heterocycles. The van der Waals surface area contributed by atoms with Crippen molar-refractivity contribution in [1.29, 1.82) is 0 Å². The van der Waals surface area contributed by atoms with Crippen LogP contribution in [0.25, 0.3) is 0 Å². The quantitative estimate of drug-likeness (QED) is 0.292. The lowest BCUT2D eigenvalue weighted by molar-refractivity contribution is 0.414. The Morgan fingerprint density at radius 3 is 1.41 bits per heavy atom. The zero-order valence-electron chi connectivity index (χ0n) is 19.8. The van der Waals surface area contributed by atoms with Gasteiger partial charge < -0.3 is 9.47 Å². The van der Waals surface area contributed by atoms with Crippen LogP contribution in [0.4, 0.5) is 0 Å². The number of rotatable bonds is 7. The molecule has 0 aliphatic heterocycles. The van der Waals surface area contributed by atoms with Gasteiger partial charge in [-0.15, -0.1) is 0 Å². The molecule has 0 heterocycles. The normalized spacial score (nSPS) is 11.8. The molecule has 4 aromatic carbocycles. The molecule has 0 spiro atoms. The molecule has 0 saturated carbocycles. The lowest BCUT2D eigenvalue weighted by atomic mass is 9.78. The van der Waals surface area contributed by atoms with Gasteiger partial charge in [0.25, 0.3) is 0 Å². The summed E-state index contributed by atoms with van der Waals surface area (Å²) >= 11 is 0. The summed E-state index contributed by atoms with van der Waals surface area (Å²) in [6, 6.07) is 29.4. The fourth-order valence-electron chi connectivity index (χ4n) is 3.79. The van der Waals surface area contributed by atoms with E-state index in [1.165, 1.54) is 5.56 Å². The maximum atomic E-state index is 12.9. The Bertz CT molecular complexity index is 1350. The van der Waals surface area contributed by atoms with E-state index in [0.717, 1.165) is 16.9 Å². The van der Waals surface area contributed by atoms with Crippen molar-refractivity contribution >= 4 is 9.84 Å². The van der Waals surface area contributed by atoms with Gasteiger partial charge in [0, 0.05) is 5.41 Å². The zero-order valence-corrected chi connectivity index (χ0v) is 20.6. The highest BCUT2D eigenvalue weighted by atomic mass is 32.2. The van der Waals surface area contributed by atoms with E-state index in [0.29, 0.717) is 11.5 Å². The minimum absolute atomic E-state index is 0.184. The first-order valence-corrected chi connectivity index (χ1v) is 12.5. The van der Waals surface area contributed by atoms with Crippen LogP contribution in [-0.4, -0.2) is 15.5 Å². The largest absolute Gasteiger partial charge is 0.497 e. The highest BCUT2D eigenvalue weighted by Crippen LogP contribution is 2.34. The van der Waals surface area contributed by atoms with Gasteiger partial charge in [-0.3, -0.25) is 0 Å². The third kappa shape index (κ3) is 4.85. The maximum absolute atomic E-state index is 12.9. The van der Waals surface area contributed by atoms with Crippen molar-refractivity contribution in [3.05, 3.63) is 114 Å².